The number of allylic oxidation sites excluding steroid dienone is 1. The second kappa shape index (κ2) is 7.48. The highest BCUT2D eigenvalue weighted by atomic mass is 32.1. The second-order valence-corrected chi connectivity index (χ2v) is 7.22. The van der Waals surface area contributed by atoms with Gasteiger partial charge in [-0.05, 0) is 31.1 Å². The number of hydrogen-bond donors (Lipinski definition) is 3. The number of halogens is 1. The predicted octanol–water partition coefficient (Wildman–Crippen LogP) is 3.60. The van der Waals surface area contributed by atoms with E-state index >= 15 is 0 Å². The fourth-order valence-electron chi connectivity index (χ4n) is 3.10. The summed E-state index contributed by atoms with van der Waals surface area (Å²) in [5.74, 6) is -1.54. The molecule has 1 aliphatic rings. The van der Waals surface area contributed by atoms with Gasteiger partial charge in [-0.25, -0.2) is 9.18 Å². The molecule has 0 amide bonds. The standard InChI is InChI=1S/C19H20FN3O3S/c1-9(2)8-26-18(25)13-10(3)21-16-15(17(24)23-19(27)22-16)14(13)11-6-4-5-7-12(11)20/h4-7,9,14H,8H2,1-3H3,(H3,21,22,23,24,27). The van der Waals surface area contributed by atoms with E-state index in [1.807, 2.05) is 13.8 Å². The molecule has 1 aromatic carbocycles. The molecule has 2 heterocycles. The van der Waals surface area contributed by atoms with Crippen molar-refractivity contribution < 1.29 is 13.9 Å². The Morgan fingerprint density at radius 1 is 1.30 bits per heavy atom. The molecule has 0 bridgehead atoms. The molecular weight excluding hydrogens is 369 g/mol. The van der Waals surface area contributed by atoms with Gasteiger partial charge in [0, 0.05) is 11.3 Å². The Bertz CT molecular complexity index is 1040. The molecule has 27 heavy (non-hydrogen) atoms. The van der Waals surface area contributed by atoms with Gasteiger partial charge in [0.2, 0.25) is 0 Å². The highest BCUT2D eigenvalue weighted by Crippen LogP contribution is 2.40. The quantitative estimate of drug-likeness (QED) is 0.549. The third kappa shape index (κ3) is 3.71. The van der Waals surface area contributed by atoms with Crippen molar-refractivity contribution in [3.63, 3.8) is 0 Å². The number of hydrogen-bond acceptors (Lipinski definition) is 5. The summed E-state index contributed by atoms with van der Waals surface area (Å²) in [6, 6.07) is 6.06. The first-order valence-corrected chi connectivity index (χ1v) is 8.96. The number of aromatic amines is 2. The average molecular weight is 389 g/mol. The molecule has 8 heteroatoms. The van der Waals surface area contributed by atoms with E-state index in [0.29, 0.717) is 11.5 Å². The first-order chi connectivity index (χ1) is 12.8. The summed E-state index contributed by atoms with van der Waals surface area (Å²) < 4.78 is 20.1. The molecule has 0 aliphatic carbocycles. The number of fused-ring (bicyclic) bond motifs is 1. The summed E-state index contributed by atoms with van der Waals surface area (Å²) in [5, 5.41) is 2.99. The van der Waals surface area contributed by atoms with Gasteiger partial charge < -0.3 is 15.0 Å². The van der Waals surface area contributed by atoms with Gasteiger partial charge in [0.1, 0.15) is 11.6 Å². The number of anilines is 1. The van der Waals surface area contributed by atoms with Crippen LogP contribution in [0.15, 0.2) is 40.3 Å². The number of carbonyl (C=O) groups excluding carboxylic acids is 1. The molecule has 0 saturated heterocycles. The third-order valence-electron chi connectivity index (χ3n) is 4.26. The van der Waals surface area contributed by atoms with Crippen LogP contribution in [0.4, 0.5) is 10.2 Å². The largest absolute Gasteiger partial charge is 0.462 e. The van der Waals surface area contributed by atoms with Crippen LogP contribution in [0.3, 0.4) is 0 Å². The zero-order chi connectivity index (χ0) is 19.7. The molecule has 0 saturated carbocycles. The number of benzene rings is 1. The normalized spacial score (nSPS) is 16.1. The molecule has 3 rings (SSSR count). The number of ether oxygens (including phenoxy) is 1. The number of aromatic nitrogens is 2. The van der Waals surface area contributed by atoms with E-state index in [4.69, 9.17) is 17.0 Å². The lowest BCUT2D eigenvalue weighted by Gasteiger charge is -2.29. The highest BCUT2D eigenvalue weighted by Gasteiger charge is 2.37. The fourth-order valence-corrected chi connectivity index (χ4v) is 3.29. The van der Waals surface area contributed by atoms with Gasteiger partial charge in [0.15, 0.2) is 4.77 Å². The molecular formula is C19H20FN3O3S. The Morgan fingerprint density at radius 3 is 2.67 bits per heavy atom. The molecule has 142 valence electrons. The topological polar surface area (TPSA) is 87.0 Å². The van der Waals surface area contributed by atoms with Gasteiger partial charge in [-0.2, -0.15) is 0 Å². The van der Waals surface area contributed by atoms with E-state index in [2.05, 4.69) is 15.3 Å². The number of H-pyrrole nitrogens is 2. The molecule has 0 fully saturated rings. The smallest absolute Gasteiger partial charge is 0.336 e. The Labute approximate surface area is 160 Å². The van der Waals surface area contributed by atoms with Crippen molar-refractivity contribution in [2.75, 3.05) is 11.9 Å². The molecule has 1 aromatic heterocycles. The summed E-state index contributed by atoms with van der Waals surface area (Å²) in [6.07, 6.45) is 0. The Morgan fingerprint density at radius 2 is 2.00 bits per heavy atom. The minimum absolute atomic E-state index is 0.136. The van der Waals surface area contributed by atoms with Gasteiger partial charge >= 0.3 is 5.97 Å². The number of nitrogens with one attached hydrogen (secondary N) is 3. The molecule has 1 unspecified atom stereocenters. The van der Waals surface area contributed by atoms with Crippen LogP contribution in [0, 0.1) is 16.5 Å². The second-order valence-electron chi connectivity index (χ2n) is 6.81. The summed E-state index contributed by atoms with van der Waals surface area (Å²) in [4.78, 5) is 30.8. The zero-order valence-electron chi connectivity index (χ0n) is 15.2. The van der Waals surface area contributed by atoms with Crippen LogP contribution in [-0.2, 0) is 9.53 Å². The van der Waals surface area contributed by atoms with E-state index in [-0.39, 0.29) is 34.0 Å². The molecule has 3 N–H and O–H groups in total. The monoisotopic (exact) mass is 389 g/mol. The maximum absolute atomic E-state index is 14.6. The lowest BCUT2D eigenvalue weighted by molar-refractivity contribution is -0.140. The molecule has 6 nitrogen and oxygen atoms in total. The van der Waals surface area contributed by atoms with Crippen LogP contribution in [0.5, 0.6) is 0 Å². The minimum Gasteiger partial charge on any atom is -0.462 e. The maximum atomic E-state index is 14.6. The lowest BCUT2D eigenvalue weighted by Crippen LogP contribution is -2.31. The summed E-state index contributed by atoms with van der Waals surface area (Å²) in [7, 11) is 0. The molecule has 1 atom stereocenters. The van der Waals surface area contributed by atoms with Crippen molar-refractivity contribution in [3.8, 4) is 0 Å². The molecule has 1 aliphatic heterocycles. The number of esters is 1. The first kappa shape index (κ1) is 19.0. The van der Waals surface area contributed by atoms with Crippen molar-refractivity contribution in [1.82, 2.24) is 9.97 Å². The number of carbonyl (C=O) groups is 1. The van der Waals surface area contributed by atoms with Crippen LogP contribution in [0.1, 0.15) is 37.8 Å². The van der Waals surface area contributed by atoms with Gasteiger partial charge in [-0.15, -0.1) is 0 Å². The van der Waals surface area contributed by atoms with Crippen molar-refractivity contribution >= 4 is 24.0 Å². The van der Waals surface area contributed by atoms with Crippen molar-refractivity contribution in [2.45, 2.75) is 26.7 Å². The van der Waals surface area contributed by atoms with E-state index in [9.17, 15) is 14.0 Å². The molecule has 0 spiro atoms. The Kier molecular flexibility index (Phi) is 5.27. The van der Waals surface area contributed by atoms with Gasteiger partial charge in [-0.1, -0.05) is 32.0 Å². The van der Waals surface area contributed by atoms with Crippen LogP contribution in [-0.4, -0.2) is 22.5 Å². The van der Waals surface area contributed by atoms with Crippen LogP contribution >= 0.6 is 12.2 Å². The molecule has 2 aromatic rings. The predicted molar refractivity (Wildman–Crippen MR) is 103 cm³/mol. The number of rotatable bonds is 4. The summed E-state index contributed by atoms with van der Waals surface area (Å²) in [6.45, 7) is 5.74. The van der Waals surface area contributed by atoms with Gasteiger partial charge in [0.25, 0.3) is 5.56 Å². The summed E-state index contributed by atoms with van der Waals surface area (Å²) in [5.41, 5.74) is 0.587. The van der Waals surface area contributed by atoms with Crippen LogP contribution < -0.4 is 10.9 Å². The highest BCUT2D eigenvalue weighted by molar-refractivity contribution is 7.71. The lowest BCUT2D eigenvalue weighted by atomic mass is 9.82. The minimum atomic E-state index is -0.919. The van der Waals surface area contributed by atoms with Crippen LogP contribution in [0.25, 0.3) is 0 Å². The van der Waals surface area contributed by atoms with E-state index < -0.39 is 23.3 Å². The van der Waals surface area contributed by atoms with E-state index in [0.717, 1.165) is 0 Å². The SMILES string of the molecule is CC1=C(C(=O)OCC(C)C)C(c2ccccc2F)c2c([nH]c(=S)[nH]c2=O)N1. The van der Waals surface area contributed by atoms with Crippen LogP contribution in [0.2, 0.25) is 0 Å². The summed E-state index contributed by atoms with van der Waals surface area (Å²) >= 11 is 5.02. The fraction of sp³-hybridized carbons (Fsp3) is 0.316. The Hall–Kier alpha value is -2.74. The van der Waals surface area contributed by atoms with Crippen molar-refractivity contribution in [3.05, 3.63) is 67.6 Å². The van der Waals surface area contributed by atoms with E-state index in [1.165, 1.54) is 6.07 Å². The van der Waals surface area contributed by atoms with Crippen molar-refractivity contribution in [2.24, 2.45) is 5.92 Å². The first-order valence-electron chi connectivity index (χ1n) is 8.55. The van der Waals surface area contributed by atoms with Gasteiger partial charge in [0.05, 0.1) is 23.7 Å². The average Bonchev–Trinajstić information content (AvgIpc) is 2.58. The van der Waals surface area contributed by atoms with Gasteiger partial charge in [-0.3, -0.25) is 9.78 Å². The third-order valence-corrected chi connectivity index (χ3v) is 4.46. The Balaban J connectivity index is 2.22. The van der Waals surface area contributed by atoms with E-state index in [1.54, 1.807) is 25.1 Å². The zero-order valence-corrected chi connectivity index (χ0v) is 16.0. The van der Waals surface area contributed by atoms with Crippen molar-refractivity contribution in [1.29, 1.82) is 0 Å². The maximum Gasteiger partial charge on any atom is 0.336 e. The molecule has 0 radical (unpaired) electrons.